The highest BCUT2D eigenvalue weighted by molar-refractivity contribution is 5.75. The summed E-state index contributed by atoms with van der Waals surface area (Å²) in [7, 11) is 0. The van der Waals surface area contributed by atoms with E-state index in [2.05, 4.69) is 20.1 Å². The Morgan fingerprint density at radius 1 is 1.35 bits per heavy atom. The van der Waals surface area contributed by atoms with Gasteiger partial charge in [-0.1, -0.05) is 5.16 Å². The van der Waals surface area contributed by atoms with Crippen molar-refractivity contribution < 1.29 is 4.52 Å². The SMILES string of the molecule is O=c1c2ccncc2ncn1Cc1ncno1. The fourth-order valence-corrected chi connectivity index (χ4v) is 1.53. The van der Waals surface area contributed by atoms with Crippen molar-refractivity contribution in [3.8, 4) is 0 Å². The van der Waals surface area contributed by atoms with E-state index >= 15 is 0 Å². The molecule has 0 N–H and O–H groups in total. The molecule has 7 nitrogen and oxygen atoms in total. The molecule has 0 spiro atoms. The number of fused-ring (bicyclic) bond motifs is 1. The molecule has 0 amide bonds. The number of nitrogens with zero attached hydrogens (tertiary/aromatic N) is 5. The molecule has 17 heavy (non-hydrogen) atoms. The molecule has 0 radical (unpaired) electrons. The Kier molecular flexibility index (Phi) is 2.14. The monoisotopic (exact) mass is 229 g/mol. The lowest BCUT2D eigenvalue weighted by Gasteiger charge is -2.02. The van der Waals surface area contributed by atoms with Crippen LogP contribution < -0.4 is 5.56 Å². The lowest BCUT2D eigenvalue weighted by atomic mass is 10.3. The molecular formula is C10H7N5O2. The largest absolute Gasteiger partial charge is 0.338 e. The van der Waals surface area contributed by atoms with Crippen LogP contribution in [0.1, 0.15) is 5.89 Å². The van der Waals surface area contributed by atoms with E-state index in [-0.39, 0.29) is 12.1 Å². The average Bonchev–Trinajstić information content (AvgIpc) is 2.86. The molecule has 0 unspecified atom stereocenters. The minimum absolute atomic E-state index is 0.157. The van der Waals surface area contributed by atoms with Crippen LogP contribution in [0.5, 0.6) is 0 Å². The molecule has 0 atom stereocenters. The van der Waals surface area contributed by atoms with E-state index in [4.69, 9.17) is 4.52 Å². The molecule has 0 aliphatic heterocycles. The minimum Gasteiger partial charge on any atom is -0.338 e. The van der Waals surface area contributed by atoms with Crippen molar-refractivity contribution in [1.82, 2.24) is 24.7 Å². The molecule has 3 heterocycles. The third kappa shape index (κ3) is 1.67. The molecule has 84 valence electrons. The van der Waals surface area contributed by atoms with Crippen molar-refractivity contribution in [2.24, 2.45) is 0 Å². The van der Waals surface area contributed by atoms with Gasteiger partial charge in [-0.15, -0.1) is 0 Å². The van der Waals surface area contributed by atoms with Gasteiger partial charge in [0.15, 0.2) is 6.33 Å². The molecule has 3 aromatic heterocycles. The van der Waals surface area contributed by atoms with Crippen molar-refractivity contribution in [3.05, 3.63) is 47.4 Å². The van der Waals surface area contributed by atoms with Gasteiger partial charge >= 0.3 is 0 Å². The van der Waals surface area contributed by atoms with Crippen molar-refractivity contribution in [2.75, 3.05) is 0 Å². The Morgan fingerprint density at radius 3 is 3.12 bits per heavy atom. The number of pyridine rings is 1. The van der Waals surface area contributed by atoms with Gasteiger partial charge in [-0.2, -0.15) is 4.98 Å². The third-order valence-corrected chi connectivity index (χ3v) is 2.34. The Labute approximate surface area is 94.8 Å². The molecule has 0 saturated carbocycles. The fraction of sp³-hybridized carbons (Fsp3) is 0.100. The highest BCUT2D eigenvalue weighted by Crippen LogP contribution is 2.03. The maximum Gasteiger partial charge on any atom is 0.261 e. The Bertz CT molecular complexity index is 704. The molecule has 3 aromatic rings. The van der Waals surface area contributed by atoms with Gasteiger partial charge in [-0.25, -0.2) is 4.98 Å². The summed E-state index contributed by atoms with van der Waals surface area (Å²) in [5.74, 6) is 0.363. The minimum atomic E-state index is -0.157. The van der Waals surface area contributed by atoms with Crippen molar-refractivity contribution in [3.63, 3.8) is 0 Å². The van der Waals surface area contributed by atoms with E-state index < -0.39 is 0 Å². The van der Waals surface area contributed by atoms with Crippen LogP contribution in [-0.2, 0) is 6.54 Å². The number of aromatic nitrogens is 5. The van der Waals surface area contributed by atoms with Crippen LogP contribution in [0.15, 0.2) is 40.4 Å². The fourth-order valence-electron chi connectivity index (χ4n) is 1.53. The number of hydrogen-bond donors (Lipinski definition) is 0. The van der Waals surface area contributed by atoms with E-state index in [1.165, 1.54) is 17.2 Å². The molecule has 3 rings (SSSR count). The lowest BCUT2D eigenvalue weighted by molar-refractivity contribution is 0.368. The van der Waals surface area contributed by atoms with Crippen LogP contribution in [0.4, 0.5) is 0 Å². The first-order chi connectivity index (χ1) is 8.34. The summed E-state index contributed by atoms with van der Waals surface area (Å²) in [5, 5.41) is 3.99. The van der Waals surface area contributed by atoms with Gasteiger partial charge in [0.05, 0.1) is 23.4 Å². The molecular weight excluding hydrogens is 222 g/mol. The zero-order valence-corrected chi connectivity index (χ0v) is 8.65. The van der Waals surface area contributed by atoms with E-state index in [1.54, 1.807) is 18.5 Å². The van der Waals surface area contributed by atoms with E-state index in [0.717, 1.165) is 0 Å². The second kappa shape index (κ2) is 3.78. The van der Waals surface area contributed by atoms with Crippen LogP contribution in [0.3, 0.4) is 0 Å². The predicted octanol–water partition coefficient (Wildman–Crippen LogP) is 0.223. The summed E-state index contributed by atoms with van der Waals surface area (Å²) in [5.41, 5.74) is 0.412. The summed E-state index contributed by atoms with van der Waals surface area (Å²) in [6.07, 6.45) is 5.84. The number of hydrogen-bond acceptors (Lipinski definition) is 6. The number of rotatable bonds is 2. The van der Waals surface area contributed by atoms with Gasteiger partial charge in [0.2, 0.25) is 5.89 Å². The van der Waals surface area contributed by atoms with Gasteiger partial charge in [-0.05, 0) is 6.07 Å². The Balaban J connectivity index is 2.12. The van der Waals surface area contributed by atoms with E-state index in [0.29, 0.717) is 16.8 Å². The standard InChI is InChI=1S/C10H7N5O2/c16-10-7-1-2-11-3-8(7)13-6-15(10)4-9-12-5-14-17-9/h1-3,5-6H,4H2. The zero-order chi connectivity index (χ0) is 11.7. The van der Waals surface area contributed by atoms with Gasteiger partial charge in [-0.3, -0.25) is 14.3 Å². The van der Waals surface area contributed by atoms with E-state index in [9.17, 15) is 4.79 Å². The summed E-state index contributed by atoms with van der Waals surface area (Å²) in [6.45, 7) is 0.212. The van der Waals surface area contributed by atoms with Crippen LogP contribution in [0.2, 0.25) is 0 Å². The Morgan fingerprint density at radius 2 is 2.29 bits per heavy atom. The smallest absolute Gasteiger partial charge is 0.261 e. The molecule has 7 heteroatoms. The summed E-state index contributed by atoms with van der Waals surface area (Å²) >= 11 is 0. The highest BCUT2D eigenvalue weighted by Gasteiger charge is 2.06. The quantitative estimate of drug-likeness (QED) is 0.624. The van der Waals surface area contributed by atoms with Crippen molar-refractivity contribution in [1.29, 1.82) is 0 Å². The topological polar surface area (TPSA) is 86.7 Å². The summed E-state index contributed by atoms with van der Waals surface area (Å²) < 4.78 is 6.26. The van der Waals surface area contributed by atoms with Crippen molar-refractivity contribution >= 4 is 10.9 Å². The van der Waals surface area contributed by atoms with Crippen LogP contribution in [0, 0.1) is 0 Å². The van der Waals surface area contributed by atoms with Gasteiger partial charge in [0, 0.05) is 6.20 Å². The maximum atomic E-state index is 12.1. The van der Waals surface area contributed by atoms with Gasteiger partial charge in [0.1, 0.15) is 6.54 Å². The van der Waals surface area contributed by atoms with Gasteiger partial charge < -0.3 is 4.52 Å². The van der Waals surface area contributed by atoms with E-state index in [1.807, 2.05) is 0 Å². The molecule has 0 aliphatic rings. The molecule has 0 bridgehead atoms. The predicted molar refractivity (Wildman–Crippen MR) is 57.2 cm³/mol. The summed E-state index contributed by atoms with van der Waals surface area (Å²) in [6, 6.07) is 1.63. The molecule has 0 aromatic carbocycles. The second-order valence-corrected chi connectivity index (χ2v) is 3.41. The maximum absolute atomic E-state index is 12.1. The summed E-state index contributed by atoms with van der Waals surface area (Å²) in [4.78, 5) is 24.0. The van der Waals surface area contributed by atoms with Crippen LogP contribution in [-0.4, -0.2) is 24.7 Å². The van der Waals surface area contributed by atoms with Gasteiger partial charge in [0.25, 0.3) is 5.56 Å². The van der Waals surface area contributed by atoms with Crippen LogP contribution >= 0.6 is 0 Å². The first-order valence-corrected chi connectivity index (χ1v) is 4.89. The van der Waals surface area contributed by atoms with Crippen molar-refractivity contribution in [2.45, 2.75) is 6.54 Å². The zero-order valence-electron chi connectivity index (χ0n) is 8.65. The Hall–Kier alpha value is -2.57. The third-order valence-electron chi connectivity index (χ3n) is 2.34. The normalized spacial score (nSPS) is 10.8. The molecule has 0 saturated heterocycles. The highest BCUT2D eigenvalue weighted by atomic mass is 16.5. The molecule has 0 aliphatic carbocycles. The average molecular weight is 229 g/mol. The lowest BCUT2D eigenvalue weighted by Crippen LogP contribution is -2.21. The second-order valence-electron chi connectivity index (χ2n) is 3.41. The molecule has 0 fully saturated rings. The van der Waals surface area contributed by atoms with Crippen LogP contribution in [0.25, 0.3) is 10.9 Å². The first-order valence-electron chi connectivity index (χ1n) is 4.89. The first kappa shape index (κ1) is 9.64.